The summed E-state index contributed by atoms with van der Waals surface area (Å²) >= 11 is 5.20. The summed E-state index contributed by atoms with van der Waals surface area (Å²) in [5, 5.41) is 3.62. The summed E-state index contributed by atoms with van der Waals surface area (Å²) < 4.78 is 0. The first-order valence-electron chi connectivity index (χ1n) is 7.53. The Kier molecular flexibility index (Phi) is 4.97. The van der Waals surface area contributed by atoms with Crippen LogP contribution in [0, 0.1) is 19.8 Å². The number of anilines is 1. The quantitative estimate of drug-likeness (QED) is 0.658. The molecule has 1 aliphatic carbocycles. The monoisotopic (exact) mass is 291 g/mol. The molecule has 0 spiro atoms. The maximum absolute atomic E-state index is 5.89. The molecule has 20 heavy (non-hydrogen) atoms. The molecule has 0 bridgehead atoms. The number of rotatable bonds is 3. The highest BCUT2D eigenvalue weighted by molar-refractivity contribution is 7.80. The first kappa shape index (κ1) is 15.2. The zero-order chi connectivity index (χ0) is 14.7. The van der Waals surface area contributed by atoms with Crippen molar-refractivity contribution in [3.63, 3.8) is 0 Å². The van der Waals surface area contributed by atoms with Crippen LogP contribution in [-0.4, -0.2) is 16.0 Å². The van der Waals surface area contributed by atoms with Crippen molar-refractivity contribution in [2.45, 2.75) is 58.9 Å². The largest absolute Gasteiger partial charge is 0.389 e. The van der Waals surface area contributed by atoms with Crippen LogP contribution in [0.1, 0.15) is 55.8 Å². The molecule has 0 aromatic carbocycles. The van der Waals surface area contributed by atoms with Gasteiger partial charge < -0.3 is 11.1 Å². The van der Waals surface area contributed by atoms with Gasteiger partial charge in [0.15, 0.2) is 0 Å². The van der Waals surface area contributed by atoms with Crippen LogP contribution in [-0.2, 0) is 0 Å². The van der Waals surface area contributed by atoms with Crippen LogP contribution in [0.4, 0.5) is 5.82 Å². The van der Waals surface area contributed by atoms with E-state index in [-0.39, 0.29) is 0 Å². The molecule has 0 aliphatic heterocycles. The molecule has 0 amide bonds. The van der Waals surface area contributed by atoms with Crippen molar-refractivity contribution < 1.29 is 0 Å². The number of pyridine rings is 1. The molecule has 3 nitrogen and oxygen atoms in total. The Bertz CT molecular complexity index is 499. The summed E-state index contributed by atoms with van der Waals surface area (Å²) in [5.41, 5.74) is 8.90. The van der Waals surface area contributed by atoms with E-state index in [0.717, 1.165) is 22.6 Å². The highest BCUT2D eigenvalue weighted by atomic mass is 32.1. The van der Waals surface area contributed by atoms with Gasteiger partial charge in [0.1, 0.15) is 10.8 Å². The van der Waals surface area contributed by atoms with E-state index in [1.165, 1.54) is 32.1 Å². The molecular weight excluding hydrogens is 266 g/mol. The van der Waals surface area contributed by atoms with E-state index in [2.05, 4.69) is 17.2 Å². The smallest absolute Gasteiger partial charge is 0.137 e. The Morgan fingerprint density at radius 3 is 2.70 bits per heavy atom. The molecule has 1 aromatic heterocycles. The molecule has 1 aromatic rings. The average molecular weight is 291 g/mol. The van der Waals surface area contributed by atoms with E-state index >= 15 is 0 Å². The van der Waals surface area contributed by atoms with Gasteiger partial charge in [-0.25, -0.2) is 4.98 Å². The molecule has 2 rings (SSSR count). The molecular formula is C16H25N3S. The molecule has 2 unspecified atom stereocenters. The third-order valence-electron chi connectivity index (χ3n) is 4.27. The third kappa shape index (κ3) is 3.48. The average Bonchev–Trinajstić information content (AvgIpc) is 2.53. The lowest BCUT2D eigenvalue weighted by Crippen LogP contribution is -2.29. The second-order valence-corrected chi connectivity index (χ2v) is 6.47. The van der Waals surface area contributed by atoms with Crippen molar-refractivity contribution in [2.24, 2.45) is 11.7 Å². The summed E-state index contributed by atoms with van der Waals surface area (Å²) in [7, 11) is 0. The number of nitrogens with two attached hydrogens (primary N) is 1. The fourth-order valence-corrected chi connectivity index (χ4v) is 3.39. The van der Waals surface area contributed by atoms with Crippen LogP contribution >= 0.6 is 12.2 Å². The molecule has 110 valence electrons. The summed E-state index contributed by atoms with van der Waals surface area (Å²) in [5.74, 6) is 1.54. The summed E-state index contributed by atoms with van der Waals surface area (Å²) in [6.45, 7) is 6.38. The number of hydrogen-bond acceptors (Lipinski definition) is 3. The van der Waals surface area contributed by atoms with Crippen LogP contribution in [0.2, 0.25) is 0 Å². The van der Waals surface area contributed by atoms with Crippen molar-refractivity contribution in [1.29, 1.82) is 0 Å². The summed E-state index contributed by atoms with van der Waals surface area (Å²) in [4.78, 5) is 5.07. The van der Waals surface area contributed by atoms with Crippen LogP contribution in [0.25, 0.3) is 0 Å². The number of nitrogens with one attached hydrogen (secondary N) is 1. The molecule has 2 atom stereocenters. The second-order valence-electron chi connectivity index (χ2n) is 6.03. The number of thiocarbonyl (C=S) groups is 1. The molecule has 1 heterocycles. The van der Waals surface area contributed by atoms with E-state index in [1.54, 1.807) is 0 Å². The zero-order valence-corrected chi connectivity index (χ0v) is 13.5. The number of hydrogen-bond donors (Lipinski definition) is 2. The van der Waals surface area contributed by atoms with Gasteiger partial charge in [0.25, 0.3) is 0 Å². The number of aryl methyl sites for hydroxylation is 2. The van der Waals surface area contributed by atoms with Crippen LogP contribution in [0.15, 0.2) is 6.07 Å². The highest BCUT2D eigenvalue weighted by Crippen LogP contribution is 2.27. The van der Waals surface area contributed by atoms with Gasteiger partial charge in [0.2, 0.25) is 0 Å². The molecule has 0 saturated heterocycles. The standard InChI is InChI=1S/C16H25N3S/c1-10-7-5-4-6-8-13(10)19-16-14(15(17)20)11(2)9-12(3)18-16/h9-10,13H,4-8H2,1-3H3,(H2,17,20)(H,18,19). The molecule has 0 radical (unpaired) electrons. The van der Waals surface area contributed by atoms with Gasteiger partial charge in [-0.15, -0.1) is 0 Å². The van der Waals surface area contributed by atoms with E-state index in [0.29, 0.717) is 16.9 Å². The molecule has 4 heteroatoms. The predicted molar refractivity (Wildman–Crippen MR) is 89.3 cm³/mol. The van der Waals surface area contributed by atoms with E-state index in [4.69, 9.17) is 18.0 Å². The third-order valence-corrected chi connectivity index (χ3v) is 4.48. The van der Waals surface area contributed by atoms with E-state index in [9.17, 15) is 0 Å². The number of aromatic nitrogens is 1. The minimum atomic E-state index is 0.429. The second kappa shape index (κ2) is 6.53. The van der Waals surface area contributed by atoms with Crippen molar-refractivity contribution in [2.75, 3.05) is 5.32 Å². The fraction of sp³-hybridized carbons (Fsp3) is 0.625. The lowest BCUT2D eigenvalue weighted by Gasteiger charge is -2.25. The van der Waals surface area contributed by atoms with Gasteiger partial charge in [-0.1, -0.05) is 38.4 Å². The van der Waals surface area contributed by atoms with E-state index in [1.807, 2.05) is 19.9 Å². The lowest BCUT2D eigenvalue weighted by molar-refractivity contribution is 0.455. The minimum absolute atomic E-state index is 0.429. The number of nitrogens with zero attached hydrogens (tertiary/aromatic N) is 1. The predicted octanol–water partition coefficient (Wildman–Crippen LogP) is 3.71. The molecule has 1 aliphatic rings. The first-order chi connectivity index (χ1) is 9.49. The molecule has 1 saturated carbocycles. The summed E-state index contributed by atoms with van der Waals surface area (Å²) in [6, 6.07) is 2.51. The first-order valence-corrected chi connectivity index (χ1v) is 7.94. The fourth-order valence-electron chi connectivity index (χ4n) is 3.14. The van der Waals surface area contributed by atoms with Crippen molar-refractivity contribution in [1.82, 2.24) is 4.98 Å². The van der Waals surface area contributed by atoms with Crippen LogP contribution in [0.5, 0.6) is 0 Å². The van der Waals surface area contributed by atoms with Crippen LogP contribution < -0.4 is 11.1 Å². The Morgan fingerprint density at radius 1 is 1.30 bits per heavy atom. The van der Waals surface area contributed by atoms with Gasteiger partial charge >= 0.3 is 0 Å². The van der Waals surface area contributed by atoms with Gasteiger partial charge in [0, 0.05) is 11.7 Å². The molecule has 3 N–H and O–H groups in total. The normalized spacial score (nSPS) is 23.1. The van der Waals surface area contributed by atoms with Crippen molar-refractivity contribution >= 4 is 23.0 Å². The lowest BCUT2D eigenvalue weighted by atomic mass is 9.96. The van der Waals surface area contributed by atoms with Crippen molar-refractivity contribution in [3.8, 4) is 0 Å². The maximum atomic E-state index is 5.89. The van der Waals surface area contributed by atoms with Crippen molar-refractivity contribution in [3.05, 3.63) is 22.9 Å². The Morgan fingerprint density at radius 2 is 2.00 bits per heavy atom. The van der Waals surface area contributed by atoms with Gasteiger partial charge in [-0.2, -0.15) is 0 Å². The highest BCUT2D eigenvalue weighted by Gasteiger charge is 2.22. The Hall–Kier alpha value is -1.16. The topological polar surface area (TPSA) is 50.9 Å². The maximum Gasteiger partial charge on any atom is 0.137 e. The van der Waals surface area contributed by atoms with E-state index < -0.39 is 0 Å². The van der Waals surface area contributed by atoms with Gasteiger partial charge in [-0.3, -0.25) is 0 Å². The minimum Gasteiger partial charge on any atom is -0.389 e. The Labute approximate surface area is 127 Å². The SMILES string of the molecule is Cc1cc(C)c(C(N)=S)c(NC2CCCCCC2C)n1. The van der Waals surface area contributed by atoms with Crippen LogP contribution in [0.3, 0.4) is 0 Å². The molecule has 1 fully saturated rings. The Balaban J connectivity index is 2.29. The van der Waals surface area contributed by atoms with Gasteiger partial charge in [-0.05, 0) is 44.2 Å². The zero-order valence-electron chi connectivity index (χ0n) is 12.7. The van der Waals surface area contributed by atoms with Gasteiger partial charge in [0.05, 0.1) is 5.56 Å². The summed E-state index contributed by atoms with van der Waals surface area (Å²) in [6.07, 6.45) is 6.44.